The molecule has 11 heteroatoms. The summed E-state index contributed by atoms with van der Waals surface area (Å²) >= 11 is 0. The van der Waals surface area contributed by atoms with E-state index < -0.39 is 17.5 Å². The van der Waals surface area contributed by atoms with Crippen molar-refractivity contribution < 1.29 is 28.6 Å². The Labute approximate surface area is 142 Å². The monoisotopic (exact) mass is 348 g/mol. The van der Waals surface area contributed by atoms with E-state index in [0.29, 0.717) is 11.5 Å². The molecule has 0 spiro atoms. The minimum absolute atomic E-state index is 0.0537. The molecule has 0 unspecified atom stereocenters. The van der Waals surface area contributed by atoms with Crippen LogP contribution in [0.3, 0.4) is 0 Å². The van der Waals surface area contributed by atoms with Crippen LogP contribution in [0.15, 0.2) is 36.4 Å². The zero-order valence-corrected chi connectivity index (χ0v) is 13.3. The van der Waals surface area contributed by atoms with Crippen molar-refractivity contribution >= 4 is 19.1 Å². The van der Waals surface area contributed by atoms with E-state index in [0.717, 1.165) is 0 Å². The number of nitro groups is 2. The molecule has 0 N–H and O–H groups in total. The highest BCUT2D eigenvalue weighted by Crippen LogP contribution is 2.33. The zero-order valence-electron chi connectivity index (χ0n) is 13.3. The molecule has 0 aromatic heterocycles. The summed E-state index contributed by atoms with van der Waals surface area (Å²) in [6, 6.07) is 8.07. The summed E-state index contributed by atoms with van der Waals surface area (Å²) in [5.41, 5.74) is -0.626. The molecule has 0 aliphatic rings. The first-order valence-electron chi connectivity index (χ1n) is 6.86. The Bertz CT molecular complexity index is 733. The van der Waals surface area contributed by atoms with Crippen LogP contribution < -0.4 is 18.8 Å². The average Bonchev–Trinajstić information content (AvgIpc) is 2.61. The van der Waals surface area contributed by atoms with Gasteiger partial charge >= 0.3 is 19.1 Å². The van der Waals surface area contributed by atoms with Crippen LogP contribution >= 0.6 is 0 Å². The molecule has 0 aliphatic heterocycles. The first-order chi connectivity index (χ1) is 12.0. The summed E-state index contributed by atoms with van der Waals surface area (Å²) in [7, 11) is 2.30. The molecule has 0 aliphatic carbocycles. The van der Waals surface area contributed by atoms with Gasteiger partial charge in [-0.05, 0) is 24.3 Å². The van der Waals surface area contributed by atoms with E-state index >= 15 is 0 Å². The number of rotatable bonds is 8. The second kappa shape index (κ2) is 7.86. The van der Waals surface area contributed by atoms with Gasteiger partial charge in [-0.2, -0.15) is 0 Å². The van der Waals surface area contributed by atoms with E-state index in [-0.39, 0.29) is 22.9 Å². The molecular formula is C14H13BN2O8. The third-order valence-electron chi connectivity index (χ3n) is 3.15. The number of nitro benzene ring substituents is 2. The van der Waals surface area contributed by atoms with Crippen molar-refractivity contribution in [3.63, 3.8) is 0 Å². The van der Waals surface area contributed by atoms with E-state index in [1.165, 1.54) is 50.6 Å². The Morgan fingerprint density at radius 1 is 0.800 bits per heavy atom. The number of benzene rings is 2. The van der Waals surface area contributed by atoms with Gasteiger partial charge in [0.2, 0.25) is 0 Å². The molecule has 2 aromatic carbocycles. The summed E-state index contributed by atoms with van der Waals surface area (Å²) in [5.74, 6) is 0.487. The van der Waals surface area contributed by atoms with Crippen LogP contribution in [0.5, 0.6) is 23.0 Å². The van der Waals surface area contributed by atoms with Crippen molar-refractivity contribution in [1.29, 1.82) is 0 Å². The highest BCUT2D eigenvalue weighted by Gasteiger charge is 2.20. The molecule has 0 saturated carbocycles. The highest BCUT2D eigenvalue weighted by atomic mass is 16.6. The van der Waals surface area contributed by atoms with Gasteiger partial charge in [0, 0.05) is 0 Å². The number of methoxy groups -OCH3 is 2. The predicted molar refractivity (Wildman–Crippen MR) is 87.7 cm³/mol. The molecule has 130 valence electrons. The predicted octanol–water partition coefficient (Wildman–Crippen LogP) is 2.24. The summed E-state index contributed by atoms with van der Waals surface area (Å²) in [4.78, 5) is 20.9. The summed E-state index contributed by atoms with van der Waals surface area (Å²) < 4.78 is 20.3. The lowest BCUT2D eigenvalue weighted by atomic mass is 10.2. The third kappa shape index (κ3) is 4.28. The molecule has 25 heavy (non-hydrogen) atoms. The molecule has 0 fully saturated rings. The average molecular weight is 348 g/mol. The van der Waals surface area contributed by atoms with Gasteiger partial charge in [0.25, 0.3) is 0 Å². The van der Waals surface area contributed by atoms with Crippen molar-refractivity contribution in [3.8, 4) is 23.0 Å². The quantitative estimate of drug-likeness (QED) is 0.404. The molecule has 2 aromatic rings. The lowest BCUT2D eigenvalue weighted by molar-refractivity contribution is -0.385. The molecule has 0 radical (unpaired) electrons. The second-order valence-corrected chi connectivity index (χ2v) is 4.59. The van der Waals surface area contributed by atoms with Crippen LogP contribution in [-0.4, -0.2) is 31.8 Å². The Morgan fingerprint density at radius 2 is 1.20 bits per heavy atom. The van der Waals surface area contributed by atoms with Crippen LogP contribution in [0, 0.1) is 20.2 Å². The number of ether oxygens (including phenoxy) is 2. The fourth-order valence-electron chi connectivity index (χ4n) is 1.93. The first-order valence-corrected chi connectivity index (χ1v) is 6.86. The van der Waals surface area contributed by atoms with Gasteiger partial charge in [0.1, 0.15) is 11.5 Å². The Hall–Kier alpha value is -3.50. The number of hydrogen-bond donors (Lipinski definition) is 0. The van der Waals surface area contributed by atoms with Gasteiger partial charge in [0.05, 0.1) is 36.2 Å². The van der Waals surface area contributed by atoms with Gasteiger partial charge in [-0.1, -0.05) is 0 Å². The second-order valence-electron chi connectivity index (χ2n) is 4.59. The molecule has 0 amide bonds. The maximum atomic E-state index is 11.1. The Morgan fingerprint density at radius 3 is 1.52 bits per heavy atom. The van der Waals surface area contributed by atoms with Gasteiger partial charge in [-0.15, -0.1) is 0 Å². The molecule has 0 atom stereocenters. The number of nitrogens with zero attached hydrogens (tertiary/aromatic N) is 2. The van der Waals surface area contributed by atoms with Crippen LogP contribution in [0.25, 0.3) is 0 Å². The molecule has 10 nitrogen and oxygen atoms in total. The molecule has 0 bridgehead atoms. The van der Waals surface area contributed by atoms with E-state index in [9.17, 15) is 20.2 Å². The van der Waals surface area contributed by atoms with Gasteiger partial charge in [0.15, 0.2) is 11.5 Å². The summed E-state index contributed by atoms with van der Waals surface area (Å²) in [6.45, 7) is 0. The van der Waals surface area contributed by atoms with E-state index in [1.54, 1.807) is 0 Å². The standard InChI is InChI=1S/C14H13BN2O8/c1-22-9-3-5-13(11(7-9)16(18)19)24-15-25-14-6-4-10(23-2)8-12(14)17(20)21/h3-8,15H,1-2H3. The van der Waals surface area contributed by atoms with Crippen LogP contribution in [0.2, 0.25) is 0 Å². The number of hydrogen-bond acceptors (Lipinski definition) is 8. The lowest BCUT2D eigenvalue weighted by Gasteiger charge is -2.09. The van der Waals surface area contributed by atoms with E-state index in [4.69, 9.17) is 18.8 Å². The normalized spacial score (nSPS) is 9.84. The van der Waals surface area contributed by atoms with E-state index in [2.05, 4.69) is 0 Å². The Kier molecular flexibility index (Phi) is 5.61. The first kappa shape index (κ1) is 17.9. The third-order valence-corrected chi connectivity index (χ3v) is 3.15. The van der Waals surface area contributed by atoms with Crippen molar-refractivity contribution in [2.75, 3.05) is 14.2 Å². The minimum atomic E-state index is -0.631. The highest BCUT2D eigenvalue weighted by molar-refractivity contribution is 6.21. The largest absolute Gasteiger partial charge is 0.576 e. The van der Waals surface area contributed by atoms with Crippen LogP contribution in [0.1, 0.15) is 0 Å². The summed E-state index contributed by atoms with van der Waals surface area (Å²) in [5, 5.41) is 22.1. The maximum Gasteiger partial charge on any atom is 0.576 e. The van der Waals surface area contributed by atoms with E-state index in [1.807, 2.05) is 0 Å². The van der Waals surface area contributed by atoms with Gasteiger partial charge in [-0.3, -0.25) is 20.2 Å². The Balaban J connectivity index is 2.13. The van der Waals surface area contributed by atoms with Crippen molar-refractivity contribution in [3.05, 3.63) is 56.6 Å². The van der Waals surface area contributed by atoms with Crippen molar-refractivity contribution in [2.45, 2.75) is 0 Å². The molecular weight excluding hydrogens is 335 g/mol. The van der Waals surface area contributed by atoms with Crippen molar-refractivity contribution in [2.24, 2.45) is 0 Å². The fourth-order valence-corrected chi connectivity index (χ4v) is 1.93. The maximum absolute atomic E-state index is 11.1. The van der Waals surface area contributed by atoms with Crippen molar-refractivity contribution in [1.82, 2.24) is 0 Å². The van der Waals surface area contributed by atoms with Gasteiger partial charge in [-0.25, -0.2) is 0 Å². The topological polar surface area (TPSA) is 123 Å². The zero-order chi connectivity index (χ0) is 18.4. The van der Waals surface area contributed by atoms with Crippen LogP contribution in [-0.2, 0) is 0 Å². The fraction of sp³-hybridized carbons (Fsp3) is 0.143. The SMILES string of the molecule is COc1ccc(OBOc2ccc(OC)cc2[N+](=O)[O-])c([N+](=O)[O-])c1. The van der Waals surface area contributed by atoms with Gasteiger partial charge < -0.3 is 18.8 Å². The van der Waals surface area contributed by atoms with Crippen LogP contribution in [0.4, 0.5) is 11.4 Å². The smallest absolute Gasteiger partial charge is 0.524 e. The molecule has 0 heterocycles. The molecule has 2 rings (SSSR count). The minimum Gasteiger partial charge on any atom is -0.524 e. The lowest BCUT2D eigenvalue weighted by Crippen LogP contribution is -2.13. The molecule has 0 saturated heterocycles. The summed E-state index contributed by atoms with van der Waals surface area (Å²) in [6.07, 6.45) is 0.